The van der Waals surface area contributed by atoms with Gasteiger partial charge in [0.25, 0.3) is 0 Å². The molecule has 1 fully saturated rings. The van der Waals surface area contributed by atoms with Crippen LogP contribution in [0.3, 0.4) is 0 Å². The maximum atomic E-state index is 8.91. The summed E-state index contributed by atoms with van der Waals surface area (Å²) in [6.45, 7) is 3.32. The van der Waals surface area contributed by atoms with Crippen LogP contribution in [0.4, 0.5) is 0 Å². The molecule has 17 heavy (non-hydrogen) atoms. The lowest BCUT2D eigenvalue weighted by Gasteiger charge is -2.27. The summed E-state index contributed by atoms with van der Waals surface area (Å²) in [7, 11) is 0. The second-order valence-corrected chi connectivity index (χ2v) is 4.92. The lowest BCUT2D eigenvalue weighted by atomic mass is 10.1. The van der Waals surface area contributed by atoms with Crippen molar-refractivity contribution in [2.75, 3.05) is 13.2 Å². The minimum Gasteiger partial charge on any atom is -0.396 e. The maximum absolute atomic E-state index is 8.91. The van der Waals surface area contributed by atoms with Crippen LogP contribution in [0.25, 0.3) is 0 Å². The molecular weight excluding hydrogens is 216 g/mol. The van der Waals surface area contributed by atoms with Crippen molar-refractivity contribution in [3.63, 3.8) is 0 Å². The number of hydrogen-bond acceptors (Lipinski definition) is 3. The van der Waals surface area contributed by atoms with Crippen LogP contribution in [0.2, 0.25) is 0 Å². The highest BCUT2D eigenvalue weighted by molar-refractivity contribution is 4.62. The molecule has 1 aliphatic heterocycles. The second kappa shape index (κ2) is 9.86. The number of hydrogen-bond donors (Lipinski definition) is 1. The highest BCUT2D eigenvalue weighted by atomic mass is 16.7. The van der Waals surface area contributed by atoms with E-state index in [-0.39, 0.29) is 19.0 Å². The molecule has 0 spiro atoms. The lowest BCUT2D eigenvalue weighted by Crippen LogP contribution is -2.28. The van der Waals surface area contributed by atoms with Crippen LogP contribution < -0.4 is 0 Å². The van der Waals surface area contributed by atoms with E-state index in [1.807, 2.05) is 0 Å². The average Bonchev–Trinajstić information content (AvgIpc) is 2.37. The molecule has 0 amide bonds. The van der Waals surface area contributed by atoms with Gasteiger partial charge >= 0.3 is 0 Å². The topological polar surface area (TPSA) is 38.7 Å². The van der Waals surface area contributed by atoms with Crippen LogP contribution in [0, 0.1) is 0 Å². The van der Waals surface area contributed by atoms with E-state index in [2.05, 4.69) is 6.92 Å². The zero-order valence-electron chi connectivity index (χ0n) is 11.2. The third kappa shape index (κ3) is 7.02. The molecule has 0 bridgehead atoms. The number of rotatable bonds is 9. The van der Waals surface area contributed by atoms with Crippen molar-refractivity contribution in [2.45, 2.75) is 77.1 Å². The quantitative estimate of drug-likeness (QED) is 0.633. The normalized spacial score (nSPS) is 22.6. The van der Waals surface area contributed by atoms with Gasteiger partial charge in [0, 0.05) is 13.2 Å². The van der Waals surface area contributed by atoms with E-state index >= 15 is 0 Å². The third-order valence-electron chi connectivity index (χ3n) is 3.30. The average molecular weight is 244 g/mol. The Morgan fingerprint density at radius 1 is 1.24 bits per heavy atom. The van der Waals surface area contributed by atoms with Gasteiger partial charge in [-0.2, -0.15) is 0 Å². The summed E-state index contributed by atoms with van der Waals surface area (Å²) in [5.41, 5.74) is 0. The lowest BCUT2D eigenvalue weighted by molar-refractivity contribution is -0.191. The fourth-order valence-corrected chi connectivity index (χ4v) is 2.25. The molecule has 1 heterocycles. The fraction of sp³-hybridized carbons (Fsp3) is 1.00. The first-order valence-corrected chi connectivity index (χ1v) is 7.24. The van der Waals surface area contributed by atoms with Gasteiger partial charge in [-0.25, -0.2) is 0 Å². The van der Waals surface area contributed by atoms with Crippen LogP contribution in [0.15, 0.2) is 0 Å². The Morgan fingerprint density at radius 3 is 2.71 bits per heavy atom. The van der Waals surface area contributed by atoms with Gasteiger partial charge < -0.3 is 14.6 Å². The van der Waals surface area contributed by atoms with Gasteiger partial charge in [-0.15, -0.1) is 0 Å². The molecule has 1 rings (SSSR count). The van der Waals surface area contributed by atoms with Crippen molar-refractivity contribution in [1.29, 1.82) is 0 Å². The predicted molar refractivity (Wildman–Crippen MR) is 68.9 cm³/mol. The zero-order chi connectivity index (χ0) is 12.3. The Kier molecular flexibility index (Phi) is 8.67. The van der Waals surface area contributed by atoms with Crippen LogP contribution >= 0.6 is 0 Å². The van der Waals surface area contributed by atoms with E-state index in [0.29, 0.717) is 0 Å². The van der Waals surface area contributed by atoms with E-state index in [0.717, 1.165) is 38.7 Å². The van der Waals surface area contributed by atoms with Gasteiger partial charge in [-0.05, 0) is 38.5 Å². The summed E-state index contributed by atoms with van der Waals surface area (Å²) in [4.78, 5) is 0. The third-order valence-corrected chi connectivity index (χ3v) is 3.30. The number of aliphatic hydroxyl groups excluding tert-OH is 1. The van der Waals surface area contributed by atoms with Crippen molar-refractivity contribution in [2.24, 2.45) is 0 Å². The highest BCUT2D eigenvalue weighted by Crippen LogP contribution is 2.20. The van der Waals surface area contributed by atoms with Crippen molar-refractivity contribution >= 4 is 0 Å². The monoisotopic (exact) mass is 244 g/mol. The molecule has 0 aromatic rings. The molecule has 3 heteroatoms. The molecular formula is C14H28O3. The summed E-state index contributed by atoms with van der Waals surface area (Å²) >= 11 is 0. The molecule has 1 unspecified atom stereocenters. The molecule has 0 aromatic carbocycles. The smallest absolute Gasteiger partial charge is 0.157 e. The number of unbranched alkanes of at least 4 members (excludes halogenated alkanes) is 2. The Morgan fingerprint density at radius 2 is 2.06 bits per heavy atom. The molecule has 102 valence electrons. The van der Waals surface area contributed by atoms with E-state index in [4.69, 9.17) is 14.6 Å². The Balaban J connectivity index is 2.22. The SMILES string of the molecule is CCCCC[C@@H](CCCO)OC1CCCCO1. The molecule has 2 atom stereocenters. The van der Waals surface area contributed by atoms with Crippen LogP contribution in [0.1, 0.15) is 64.7 Å². The summed E-state index contributed by atoms with van der Waals surface area (Å²) < 4.78 is 11.6. The van der Waals surface area contributed by atoms with Gasteiger partial charge in [0.15, 0.2) is 6.29 Å². The molecule has 1 saturated heterocycles. The van der Waals surface area contributed by atoms with Crippen LogP contribution in [0.5, 0.6) is 0 Å². The van der Waals surface area contributed by atoms with E-state index in [9.17, 15) is 0 Å². The van der Waals surface area contributed by atoms with Gasteiger partial charge in [-0.1, -0.05) is 26.2 Å². The first-order valence-electron chi connectivity index (χ1n) is 7.24. The van der Waals surface area contributed by atoms with Crippen molar-refractivity contribution < 1.29 is 14.6 Å². The molecule has 1 N–H and O–H groups in total. The van der Waals surface area contributed by atoms with Gasteiger partial charge in [0.2, 0.25) is 0 Å². The fourth-order valence-electron chi connectivity index (χ4n) is 2.25. The van der Waals surface area contributed by atoms with Crippen LogP contribution in [-0.4, -0.2) is 30.7 Å². The minimum atomic E-state index is 0.00840. The largest absolute Gasteiger partial charge is 0.396 e. The molecule has 1 aliphatic rings. The van der Waals surface area contributed by atoms with Gasteiger partial charge in [0.05, 0.1) is 6.10 Å². The Bertz CT molecular complexity index is 167. The van der Waals surface area contributed by atoms with Gasteiger partial charge in [-0.3, -0.25) is 0 Å². The van der Waals surface area contributed by atoms with Crippen molar-refractivity contribution in [3.05, 3.63) is 0 Å². The summed E-state index contributed by atoms with van der Waals surface area (Å²) in [6.07, 6.45) is 10.3. The summed E-state index contributed by atoms with van der Waals surface area (Å²) in [5.74, 6) is 0. The van der Waals surface area contributed by atoms with Crippen molar-refractivity contribution in [1.82, 2.24) is 0 Å². The summed E-state index contributed by atoms with van der Waals surface area (Å²) in [5, 5.41) is 8.91. The standard InChI is InChI=1S/C14H28O3/c1-2-3-4-8-13(9-7-11-15)17-14-10-5-6-12-16-14/h13-15H,2-12H2,1H3/t13-,14?/m0/s1. The van der Waals surface area contributed by atoms with E-state index < -0.39 is 0 Å². The Hall–Kier alpha value is -0.120. The highest BCUT2D eigenvalue weighted by Gasteiger charge is 2.19. The van der Waals surface area contributed by atoms with E-state index in [1.165, 1.54) is 25.7 Å². The first-order chi connectivity index (χ1) is 8.36. The predicted octanol–water partition coefficient (Wildman–Crippen LogP) is 3.25. The molecule has 0 aliphatic carbocycles. The first kappa shape index (κ1) is 14.9. The van der Waals surface area contributed by atoms with Gasteiger partial charge in [0.1, 0.15) is 0 Å². The maximum Gasteiger partial charge on any atom is 0.157 e. The van der Waals surface area contributed by atoms with Crippen molar-refractivity contribution in [3.8, 4) is 0 Å². The number of aliphatic hydroxyl groups is 1. The molecule has 0 aromatic heterocycles. The molecule has 3 nitrogen and oxygen atoms in total. The Labute approximate surface area is 105 Å². The summed E-state index contributed by atoms with van der Waals surface area (Å²) in [6, 6.07) is 0. The minimum absolute atomic E-state index is 0.00840. The van der Waals surface area contributed by atoms with Crippen LogP contribution in [-0.2, 0) is 9.47 Å². The molecule has 0 radical (unpaired) electrons. The zero-order valence-corrected chi connectivity index (χ0v) is 11.2. The number of ether oxygens (including phenoxy) is 2. The van der Waals surface area contributed by atoms with E-state index in [1.54, 1.807) is 0 Å². The molecule has 0 saturated carbocycles. The second-order valence-electron chi connectivity index (χ2n) is 4.92.